The predicted molar refractivity (Wildman–Crippen MR) is 139 cm³/mol. The first-order valence-electron chi connectivity index (χ1n) is 13.0. The Morgan fingerprint density at radius 2 is 1.71 bits per heavy atom. The van der Waals surface area contributed by atoms with Gasteiger partial charge in [0.1, 0.15) is 5.75 Å². The van der Waals surface area contributed by atoms with Crippen LogP contribution in [0.4, 0.5) is 0 Å². The molecule has 0 aromatic heterocycles. The topological polar surface area (TPSA) is 36.9 Å². The van der Waals surface area contributed by atoms with E-state index in [1.54, 1.807) is 0 Å². The van der Waals surface area contributed by atoms with Crippen LogP contribution in [0.25, 0.3) is 0 Å². The Hall–Kier alpha value is -1.59. The number of halogens is 1. The molecular weight excluding hydrogens is 448 g/mol. The third-order valence-corrected chi connectivity index (χ3v) is 6.60. The third-order valence-electron chi connectivity index (χ3n) is 6.23. The predicted octanol–water partition coefficient (Wildman–Crippen LogP) is 7.55. The summed E-state index contributed by atoms with van der Waals surface area (Å²) < 4.78 is 24.2. The van der Waals surface area contributed by atoms with Crippen molar-refractivity contribution in [1.29, 1.82) is 0 Å². The van der Waals surface area contributed by atoms with Crippen LogP contribution in [0.3, 0.4) is 0 Å². The van der Waals surface area contributed by atoms with Crippen molar-refractivity contribution in [2.75, 3.05) is 26.4 Å². The smallest absolute Gasteiger partial charge is 0.119 e. The third kappa shape index (κ3) is 8.57. The summed E-state index contributed by atoms with van der Waals surface area (Å²) in [5.41, 5.74) is 3.47. The molecule has 3 rings (SSSR count). The number of hydrogen-bond donors (Lipinski definition) is 0. The second-order valence-corrected chi connectivity index (χ2v) is 9.50. The first-order valence-corrected chi connectivity index (χ1v) is 13.4. The molecule has 34 heavy (non-hydrogen) atoms. The van der Waals surface area contributed by atoms with E-state index in [0.717, 1.165) is 80.1 Å². The molecule has 0 unspecified atom stereocenters. The Kier molecular flexibility index (Phi) is 11.7. The molecule has 3 atom stereocenters. The fourth-order valence-corrected chi connectivity index (χ4v) is 4.49. The highest BCUT2D eigenvalue weighted by atomic mass is 35.5. The quantitative estimate of drug-likeness (QED) is 0.257. The SMILES string of the molecule is CCCCOC[C@@H]1C[C@H](OCCCC)C[C@H](c2ccc(Cl)c(Cc3ccc(OCC)cc3)c2)O1. The highest BCUT2D eigenvalue weighted by Crippen LogP contribution is 2.35. The lowest BCUT2D eigenvalue weighted by Gasteiger charge is -2.36. The Balaban J connectivity index is 1.70. The molecule has 0 radical (unpaired) electrons. The van der Waals surface area contributed by atoms with E-state index in [9.17, 15) is 0 Å². The Bertz CT molecular complexity index is 839. The minimum atomic E-state index is -0.0171. The van der Waals surface area contributed by atoms with Gasteiger partial charge in [0.05, 0.1) is 31.5 Å². The van der Waals surface area contributed by atoms with Gasteiger partial charge in [-0.3, -0.25) is 0 Å². The molecule has 0 aliphatic carbocycles. The van der Waals surface area contributed by atoms with Crippen LogP contribution >= 0.6 is 11.6 Å². The van der Waals surface area contributed by atoms with Gasteiger partial charge in [0.15, 0.2) is 0 Å². The van der Waals surface area contributed by atoms with E-state index in [0.29, 0.717) is 13.2 Å². The zero-order valence-electron chi connectivity index (χ0n) is 21.1. The number of unbranched alkanes of at least 4 members (excludes halogenated alkanes) is 2. The molecule has 0 spiro atoms. The maximum atomic E-state index is 6.60. The second kappa shape index (κ2) is 14.7. The maximum absolute atomic E-state index is 6.60. The molecule has 1 aliphatic heterocycles. The summed E-state index contributed by atoms with van der Waals surface area (Å²) in [7, 11) is 0. The highest BCUT2D eigenvalue weighted by molar-refractivity contribution is 6.31. The average molecular weight is 489 g/mol. The molecular formula is C29H41ClO4. The molecule has 1 aliphatic rings. The molecule has 1 heterocycles. The summed E-state index contributed by atoms with van der Waals surface area (Å²) in [5.74, 6) is 0.892. The van der Waals surface area contributed by atoms with Crippen LogP contribution in [-0.2, 0) is 20.6 Å². The van der Waals surface area contributed by atoms with E-state index in [1.807, 2.05) is 25.1 Å². The van der Waals surface area contributed by atoms with Gasteiger partial charge in [-0.2, -0.15) is 0 Å². The largest absolute Gasteiger partial charge is 0.494 e. The Morgan fingerprint density at radius 1 is 0.941 bits per heavy atom. The van der Waals surface area contributed by atoms with Crippen molar-refractivity contribution in [3.8, 4) is 5.75 Å². The van der Waals surface area contributed by atoms with E-state index in [2.05, 4.69) is 38.1 Å². The molecule has 0 amide bonds. The number of ether oxygens (including phenoxy) is 4. The van der Waals surface area contributed by atoms with E-state index in [-0.39, 0.29) is 18.3 Å². The summed E-state index contributed by atoms with van der Waals surface area (Å²) in [6.45, 7) is 9.25. The monoisotopic (exact) mass is 488 g/mol. The molecule has 0 bridgehead atoms. The highest BCUT2D eigenvalue weighted by Gasteiger charge is 2.31. The summed E-state index contributed by atoms with van der Waals surface area (Å²) in [4.78, 5) is 0. The molecule has 2 aromatic carbocycles. The first-order chi connectivity index (χ1) is 16.6. The summed E-state index contributed by atoms with van der Waals surface area (Å²) in [6.07, 6.45) is 7.19. The molecule has 2 aromatic rings. The van der Waals surface area contributed by atoms with Gasteiger partial charge in [-0.05, 0) is 61.1 Å². The normalized spacial score (nSPS) is 20.4. The van der Waals surface area contributed by atoms with E-state index >= 15 is 0 Å². The van der Waals surface area contributed by atoms with Crippen LogP contribution in [0, 0.1) is 0 Å². The maximum Gasteiger partial charge on any atom is 0.119 e. The van der Waals surface area contributed by atoms with Crippen LogP contribution in [0.1, 0.15) is 82.1 Å². The van der Waals surface area contributed by atoms with Crippen molar-refractivity contribution >= 4 is 11.6 Å². The molecule has 188 valence electrons. The zero-order valence-corrected chi connectivity index (χ0v) is 21.8. The fraction of sp³-hybridized carbons (Fsp3) is 0.586. The van der Waals surface area contributed by atoms with Crippen molar-refractivity contribution in [2.24, 2.45) is 0 Å². The van der Waals surface area contributed by atoms with Crippen LogP contribution in [0.5, 0.6) is 5.75 Å². The lowest BCUT2D eigenvalue weighted by molar-refractivity contribution is -0.138. The van der Waals surface area contributed by atoms with Gasteiger partial charge in [-0.15, -0.1) is 0 Å². The molecule has 4 nitrogen and oxygen atoms in total. The fourth-order valence-electron chi connectivity index (χ4n) is 4.31. The van der Waals surface area contributed by atoms with Gasteiger partial charge in [-0.1, -0.05) is 62.6 Å². The summed E-state index contributed by atoms with van der Waals surface area (Å²) in [5, 5.41) is 0.781. The van der Waals surface area contributed by atoms with E-state index in [1.165, 1.54) is 5.56 Å². The van der Waals surface area contributed by atoms with Crippen molar-refractivity contribution in [1.82, 2.24) is 0 Å². The molecule has 1 saturated heterocycles. The van der Waals surface area contributed by atoms with Gasteiger partial charge < -0.3 is 18.9 Å². The first kappa shape index (κ1) is 27.0. The van der Waals surface area contributed by atoms with Crippen molar-refractivity contribution < 1.29 is 18.9 Å². The molecule has 1 fully saturated rings. The average Bonchev–Trinajstić information content (AvgIpc) is 2.85. The molecule has 5 heteroatoms. The summed E-state index contributed by atoms with van der Waals surface area (Å²) >= 11 is 6.60. The van der Waals surface area contributed by atoms with Gasteiger partial charge in [0, 0.05) is 31.1 Å². The van der Waals surface area contributed by atoms with Crippen LogP contribution in [0.15, 0.2) is 42.5 Å². The van der Waals surface area contributed by atoms with Crippen molar-refractivity contribution in [3.05, 3.63) is 64.2 Å². The van der Waals surface area contributed by atoms with Crippen LogP contribution < -0.4 is 4.74 Å². The van der Waals surface area contributed by atoms with Gasteiger partial charge >= 0.3 is 0 Å². The van der Waals surface area contributed by atoms with Crippen LogP contribution in [0.2, 0.25) is 5.02 Å². The molecule has 0 N–H and O–H groups in total. The molecule has 0 saturated carbocycles. The van der Waals surface area contributed by atoms with Crippen LogP contribution in [-0.4, -0.2) is 38.6 Å². The van der Waals surface area contributed by atoms with Crippen molar-refractivity contribution in [2.45, 2.75) is 84.0 Å². The van der Waals surface area contributed by atoms with Gasteiger partial charge in [0.2, 0.25) is 0 Å². The van der Waals surface area contributed by atoms with Gasteiger partial charge in [0.25, 0.3) is 0 Å². The second-order valence-electron chi connectivity index (χ2n) is 9.10. The Labute approximate surface area is 210 Å². The minimum Gasteiger partial charge on any atom is -0.494 e. The number of rotatable bonds is 14. The number of benzene rings is 2. The summed E-state index contributed by atoms with van der Waals surface area (Å²) in [6, 6.07) is 14.5. The van der Waals surface area contributed by atoms with E-state index in [4.69, 9.17) is 30.5 Å². The zero-order chi connectivity index (χ0) is 24.2. The lowest BCUT2D eigenvalue weighted by atomic mass is 9.93. The number of hydrogen-bond acceptors (Lipinski definition) is 4. The Morgan fingerprint density at radius 3 is 2.44 bits per heavy atom. The van der Waals surface area contributed by atoms with Gasteiger partial charge in [-0.25, -0.2) is 0 Å². The van der Waals surface area contributed by atoms with E-state index < -0.39 is 0 Å². The lowest BCUT2D eigenvalue weighted by Crippen LogP contribution is -2.36. The van der Waals surface area contributed by atoms with Crippen molar-refractivity contribution in [3.63, 3.8) is 0 Å². The minimum absolute atomic E-state index is 0.0171. The standard InChI is InChI=1S/C29H41ClO4/c1-4-7-15-31-21-27-19-26(33-16-8-5-2)20-29(34-27)23-11-14-28(30)24(18-23)17-22-9-12-25(13-10-22)32-6-3/h9-14,18,26-27,29H,4-8,15-17,19-21H2,1-3H3/t26-,27-,29+/m0/s1.